The molecule has 5 aliphatic rings. The first-order chi connectivity index (χ1) is 21.2. The van der Waals surface area contributed by atoms with E-state index in [1.54, 1.807) is 0 Å². The summed E-state index contributed by atoms with van der Waals surface area (Å²) < 4.78 is 0. The van der Waals surface area contributed by atoms with Crippen LogP contribution in [-0.2, 0) is 4.79 Å². The van der Waals surface area contributed by atoms with Crippen LogP contribution >= 0.6 is 0 Å². The van der Waals surface area contributed by atoms with Gasteiger partial charge in [0.25, 0.3) is 5.91 Å². The SMILES string of the molecule is CN(C)c1ccc([C@H]2C[C@@]3(C)[C@@H](CC[C@@]3(O)C#Cc3ccc(C(=O)N4CCCC4)cc3)[C@@H]3CCC4=CC(=O)CCC4=C32)cc1. The molecule has 2 aromatic carbocycles. The molecule has 5 heteroatoms. The molecular formula is C39H44N2O3. The van der Waals surface area contributed by atoms with E-state index in [1.165, 1.54) is 28.0 Å². The van der Waals surface area contributed by atoms with Crippen LogP contribution < -0.4 is 4.90 Å². The number of hydrogen-bond acceptors (Lipinski definition) is 4. The lowest BCUT2D eigenvalue weighted by Gasteiger charge is -2.53. The molecule has 1 amide bonds. The average Bonchev–Trinajstić information content (AvgIpc) is 3.66. The van der Waals surface area contributed by atoms with Gasteiger partial charge in [0, 0.05) is 61.8 Å². The highest BCUT2D eigenvalue weighted by atomic mass is 16.3. The Morgan fingerprint density at radius 1 is 0.977 bits per heavy atom. The summed E-state index contributed by atoms with van der Waals surface area (Å²) in [5.74, 6) is 8.01. The Morgan fingerprint density at radius 3 is 2.41 bits per heavy atom. The largest absolute Gasteiger partial charge is 0.378 e. The van der Waals surface area contributed by atoms with Crippen molar-refractivity contribution in [3.63, 3.8) is 0 Å². The molecule has 2 aromatic rings. The lowest BCUT2D eigenvalue weighted by atomic mass is 9.51. The molecule has 1 heterocycles. The molecule has 0 spiro atoms. The van der Waals surface area contributed by atoms with Crippen molar-refractivity contribution in [3.05, 3.63) is 88.0 Å². The number of benzene rings is 2. The van der Waals surface area contributed by atoms with E-state index in [1.807, 2.05) is 35.2 Å². The quantitative estimate of drug-likeness (QED) is 0.407. The van der Waals surface area contributed by atoms with Crippen LogP contribution in [0.3, 0.4) is 0 Å². The monoisotopic (exact) mass is 588 g/mol. The fourth-order valence-electron chi connectivity index (χ4n) is 9.15. The molecule has 7 rings (SSSR count). The molecule has 1 aliphatic heterocycles. The lowest BCUT2D eigenvalue weighted by molar-refractivity contribution is -0.114. The second-order valence-corrected chi connectivity index (χ2v) is 14.2. The molecule has 1 N–H and O–H groups in total. The Kier molecular flexibility index (Phi) is 7.33. The third kappa shape index (κ3) is 4.83. The maximum Gasteiger partial charge on any atom is 0.253 e. The van der Waals surface area contributed by atoms with E-state index in [9.17, 15) is 14.7 Å². The zero-order chi connectivity index (χ0) is 30.6. The van der Waals surface area contributed by atoms with Gasteiger partial charge in [-0.3, -0.25) is 9.59 Å². The number of amides is 1. The van der Waals surface area contributed by atoms with E-state index in [0.717, 1.165) is 63.6 Å². The summed E-state index contributed by atoms with van der Waals surface area (Å²) in [5, 5.41) is 12.4. The Morgan fingerprint density at radius 2 is 1.70 bits per heavy atom. The maximum absolute atomic E-state index is 12.8. The smallest absolute Gasteiger partial charge is 0.253 e. The molecule has 228 valence electrons. The van der Waals surface area contributed by atoms with Crippen LogP contribution in [0.25, 0.3) is 0 Å². The van der Waals surface area contributed by atoms with Gasteiger partial charge in [0.05, 0.1) is 0 Å². The number of ketones is 1. The number of aliphatic hydroxyl groups is 1. The van der Waals surface area contributed by atoms with Crippen molar-refractivity contribution in [2.24, 2.45) is 17.3 Å². The molecular weight excluding hydrogens is 544 g/mol. The van der Waals surface area contributed by atoms with Crippen molar-refractivity contribution in [1.82, 2.24) is 4.90 Å². The Labute approximate surface area is 262 Å². The zero-order valence-corrected chi connectivity index (χ0v) is 26.4. The molecule has 0 radical (unpaired) electrons. The Bertz CT molecular complexity index is 1600. The van der Waals surface area contributed by atoms with Crippen LogP contribution in [-0.4, -0.2) is 54.5 Å². The number of rotatable bonds is 3. The third-order valence-electron chi connectivity index (χ3n) is 11.6. The minimum absolute atomic E-state index is 0.0939. The van der Waals surface area contributed by atoms with Crippen molar-refractivity contribution in [2.75, 3.05) is 32.1 Å². The number of carbonyl (C=O) groups excluding carboxylic acids is 2. The molecule has 1 saturated heterocycles. The summed E-state index contributed by atoms with van der Waals surface area (Å²) in [4.78, 5) is 29.3. The van der Waals surface area contributed by atoms with Crippen LogP contribution in [0.1, 0.15) is 92.1 Å². The van der Waals surface area contributed by atoms with Gasteiger partial charge < -0.3 is 14.9 Å². The van der Waals surface area contributed by atoms with Gasteiger partial charge >= 0.3 is 0 Å². The molecule has 3 fully saturated rings. The predicted octanol–water partition coefficient (Wildman–Crippen LogP) is 6.67. The second kappa shape index (κ2) is 11.1. The first-order valence-electron chi connectivity index (χ1n) is 16.6. The van der Waals surface area contributed by atoms with Gasteiger partial charge in [-0.05, 0) is 122 Å². The molecule has 5 nitrogen and oxygen atoms in total. The number of nitrogens with zero attached hydrogens (tertiary/aromatic N) is 2. The minimum Gasteiger partial charge on any atom is -0.378 e. The van der Waals surface area contributed by atoms with Crippen molar-refractivity contribution in [3.8, 4) is 11.8 Å². The summed E-state index contributed by atoms with van der Waals surface area (Å²) in [6.45, 7) is 3.96. The van der Waals surface area contributed by atoms with E-state index in [-0.39, 0.29) is 23.0 Å². The number of fused-ring (bicyclic) bond motifs is 4. The number of carbonyl (C=O) groups is 2. The molecule has 4 aliphatic carbocycles. The zero-order valence-electron chi connectivity index (χ0n) is 26.4. The highest BCUT2D eigenvalue weighted by Crippen LogP contribution is 2.66. The van der Waals surface area contributed by atoms with E-state index in [2.05, 4.69) is 62.0 Å². The second-order valence-electron chi connectivity index (χ2n) is 14.2. The number of anilines is 1. The standard InChI is InChI=1S/C39H44N2O3/c1-38-25-34(27-10-13-30(14-11-27)40(2)3)36-32-17-15-31(42)24-29(32)12-16-33(36)35(38)19-21-39(38,44)20-18-26-6-8-28(9-7-26)37(43)41-22-4-5-23-41/h6-11,13-14,24,33-35,44H,4-5,12,15-17,19,21-23,25H2,1-3H3/t33-,34+,35-,38-,39-/m0/s1. The molecule has 2 saturated carbocycles. The summed E-state index contributed by atoms with van der Waals surface area (Å²) in [6.07, 6.45) is 9.94. The van der Waals surface area contributed by atoms with Gasteiger partial charge in [0.15, 0.2) is 5.78 Å². The van der Waals surface area contributed by atoms with Crippen LogP contribution in [0.5, 0.6) is 0 Å². The first-order valence-corrected chi connectivity index (χ1v) is 16.6. The van der Waals surface area contributed by atoms with Gasteiger partial charge in [0.1, 0.15) is 5.60 Å². The summed E-state index contributed by atoms with van der Waals surface area (Å²) >= 11 is 0. The fraction of sp³-hybridized carbons (Fsp3) is 0.487. The van der Waals surface area contributed by atoms with Crippen LogP contribution in [0, 0.1) is 29.1 Å². The summed E-state index contributed by atoms with van der Waals surface area (Å²) in [6, 6.07) is 16.5. The number of likely N-dealkylation sites (tertiary alicyclic amines) is 1. The van der Waals surface area contributed by atoms with Gasteiger partial charge in [-0.25, -0.2) is 0 Å². The summed E-state index contributed by atoms with van der Waals surface area (Å²) in [7, 11) is 4.13. The molecule has 5 atom stereocenters. The van der Waals surface area contributed by atoms with Crippen molar-refractivity contribution in [1.29, 1.82) is 0 Å². The average molecular weight is 589 g/mol. The van der Waals surface area contributed by atoms with Gasteiger partial charge in [-0.1, -0.05) is 36.5 Å². The van der Waals surface area contributed by atoms with Gasteiger partial charge in [-0.2, -0.15) is 0 Å². The van der Waals surface area contributed by atoms with Crippen LogP contribution in [0.4, 0.5) is 5.69 Å². The van der Waals surface area contributed by atoms with Crippen molar-refractivity contribution in [2.45, 2.75) is 76.2 Å². The van der Waals surface area contributed by atoms with E-state index in [0.29, 0.717) is 30.2 Å². The van der Waals surface area contributed by atoms with E-state index >= 15 is 0 Å². The van der Waals surface area contributed by atoms with Crippen molar-refractivity contribution < 1.29 is 14.7 Å². The van der Waals surface area contributed by atoms with E-state index in [4.69, 9.17) is 0 Å². The third-order valence-corrected chi connectivity index (χ3v) is 11.6. The van der Waals surface area contributed by atoms with Crippen molar-refractivity contribution >= 4 is 17.4 Å². The Balaban J connectivity index is 1.23. The maximum atomic E-state index is 12.8. The normalized spacial score (nSPS) is 31.0. The lowest BCUT2D eigenvalue weighted by Crippen LogP contribution is -2.51. The molecule has 44 heavy (non-hydrogen) atoms. The van der Waals surface area contributed by atoms with E-state index < -0.39 is 5.60 Å². The topological polar surface area (TPSA) is 60.9 Å². The molecule has 0 aromatic heterocycles. The molecule has 0 unspecified atom stereocenters. The van der Waals surface area contributed by atoms with Gasteiger partial charge in [0.2, 0.25) is 0 Å². The number of hydrogen-bond donors (Lipinski definition) is 1. The molecule has 0 bridgehead atoms. The Hall–Kier alpha value is -3.62. The minimum atomic E-state index is -1.10. The summed E-state index contributed by atoms with van der Waals surface area (Å²) in [5.41, 5.74) is 6.75. The van der Waals surface area contributed by atoms with Gasteiger partial charge in [-0.15, -0.1) is 0 Å². The fourth-order valence-corrected chi connectivity index (χ4v) is 9.15. The first kappa shape index (κ1) is 29.1. The van der Waals surface area contributed by atoms with Crippen LogP contribution in [0.2, 0.25) is 0 Å². The predicted molar refractivity (Wildman–Crippen MR) is 174 cm³/mol. The van der Waals surface area contributed by atoms with Crippen LogP contribution in [0.15, 0.2) is 71.3 Å². The highest BCUT2D eigenvalue weighted by molar-refractivity contribution is 5.94. The number of allylic oxidation sites excluding steroid dienone is 4. The highest BCUT2D eigenvalue weighted by Gasteiger charge is 2.62.